The van der Waals surface area contributed by atoms with Crippen LogP contribution in [0.4, 0.5) is 0 Å². The van der Waals surface area contributed by atoms with E-state index in [0.29, 0.717) is 0 Å². The maximum atomic E-state index is 11.0. The van der Waals surface area contributed by atoms with Crippen LogP contribution in [0.15, 0.2) is 0 Å². The molecule has 0 fully saturated rings. The minimum atomic E-state index is -1.20. The van der Waals surface area contributed by atoms with Crippen LogP contribution in [0.5, 0.6) is 0 Å². The molecule has 0 bridgehead atoms. The molecule has 0 aliphatic rings. The Hall–Kier alpha value is -1.14. The zero-order valence-corrected chi connectivity index (χ0v) is 9.73. The van der Waals surface area contributed by atoms with Gasteiger partial charge in [0.15, 0.2) is 0 Å². The van der Waals surface area contributed by atoms with E-state index in [1.165, 1.54) is 0 Å². The SMILES string of the molecule is O=C(CCCl)NC(=O)C(=O)NC(=O)CCCl. The number of nitrogens with one attached hydrogen (secondary N) is 2. The Balaban J connectivity index is 4.04. The van der Waals surface area contributed by atoms with Crippen LogP contribution in [0.3, 0.4) is 0 Å². The summed E-state index contributed by atoms with van der Waals surface area (Å²) in [6, 6.07) is 0. The molecular formula is C8H10Cl2N2O4. The van der Waals surface area contributed by atoms with E-state index < -0.39 is 23.6 Å². The maximum Gasteiger partial charge on any atom is 0.316 e. The van der Waals surface area contributed by atoms with Gasteiger partial charge in [-0.15, -0.1) is 23.2 Å². The lowest BCUT2D eigenvalue weighted by atomic mass is 10.4. The van der Waals surface area contributed by atoms with Crippen LogP contribution >= 0.6 is 23.2 Å². The van der Waals surface area contributed by atoms with Gasteiger partial charge in [0.2, 0.25) is 11.8 Å². The minimum absolute atomic E-state index is 0.0336. The van der Waals surface area contributed by atoms with E-state index in [4.69, 9.17) is 23.2 Å². The summed E-state index contributed by atoms with van der Waals surface area (Å²) in [6.07, 6.45) is -0.174. The largest absolute Gasteiger partial charge is 0.316 e. The minimum Gasteiger partial charge on any atom is -0.288 e. The van der Waals surface area contributed by atoms with Gasteiger partial charge in [-0.25, -0.2) is 0 Å². The third kappa shape index (κ3) is 6.36. The summed E-state index contributed by atoms with van der Waals surface area (Å²) in [5.41, 5.74) is 0. The third-order valence-corrected chi connectivity index (χ3v) is 1.73. The summed E-state index contributed by atoms with van der Waals surface area (Å²) in [7, 11) is 0. The summed E-state index contributed by atoms with van der Waals surface area (Å²) >= 11 is 10.5. The van der Waals surface area contributed by atoms with Crippen molar-refractivity contribution in [2.75, 3.05) is 11.8 Å². The summed E-state index contributed by atoms with van der Waals surface area (Å²) < 4.78 is 0. The van der Waals surface area contributed by atoms with Crippen LogP contribution in [0.2, 0.25) is 0 Å². The number of carbonyl (C=O) groups is 4. The molecule has 8 heteroatoms. The molecule has 0 saturated heterocycles. The van der Waals surface area contributed by atoms with E-state index in [9.17, 15) is 19.2 Å². The van der Waals surface area contributed by atoms with E-state index in [1.54, 1.807) is 10.6 Å². The van der Waals surface area contributed by atoms with Gasteiger partial charge in [-0.05, 0) is 0 Å². The second-order valence-electron chi connectivity index (χ2n) is 2.63. The van der Waals surface area contributed by atoms with Crippen molar-refractivity contribution in [3.8, 4) is 0 Å². The van der Waals surface area contributed by atoms with Gasteiger partial charge in [0.05, 0.1) is 0 Å². The first-order chi connectivity index (χ1) is 7.51. The first-order valence-electron chi connectivity index (χ1n) is 4.31. The molecule has 0 atom stereocenters. The fourth-order valence-corrected chi connectivity index (χ4v) is 1.01. The average molecular weight is 269 g/mol. The highest BCUT2D eigenvalue weighted by atomic mass is 35.5. The lowest BCUT2D eigenvalue weighted by Crippen LogP contribution is -2.44. The van der Waals surface area contributed by atoms with Crippen LogP contribution in [0, 0.1) is 0 Å². The van der Waals surface area contributed by atoms with Crippen molar-refractivity contribution >= 4 is 46.8 Å². The predicted octanol–water partition coefficient (Wildman–Crippen LogP) is -0.470. The molecule has 0 radical (unpaired) electrons. The van der Waals surface area contributed by atoms with Gasteiger partial charge >= 0.3 is 11.8 Å². The Morgan fingerprint density at radius 1 is 0.750 bits per heavy atom. The van der Waals surface area contributed by atoms with Gasteiger partial charge in [0.1, 0.15) is 0 Å². The number of imide groups is 2. The summed E-state index contributed by atoms with van der Waals surface area (Å²) in [5, 5.41) is 3.54. The average Bonchev–Trinajstić information content (AvgIpc) is 2.17. The zero-order chi connectivity index (χ0) is 12.6. The predicted molar refractivity (Wildman–Crippen MR) is 57.0 cm³/mol. The molecule has 0 saturated carbocycles. The Bertz CT molecular complexity index is 276. The molecule has 0 rings (SSSR count). The summed E-state index contributed by atoms with van der Waals surface area (Å²) in [5.74, 6) is -3.69. The molecule has 0 aliphatic carbocycles. The number of hydrogen-bond acceptors (Lipinski definition) is 4. The molecule has 0 aromatic rings. The highest BCUT2D eigenvalue weighted by Gasteiger charge is 2.18. The van der Waals surface area contributed by atoms with E-state index in [-0.39, 0.29) is 24.6 Å². The maximum absolute atomic E-state index is 11.0. The fourth-order valence-electron chi connectivity index (χ4n) is 0.663. The number of alkyl halides is 2. The molecule has 2 N–H and O–H groups in total. The van der Waals surface area contributed by atoms with E-state index in [1.807, 2.05) is 0 Å². The zero-order valence-electron chi connectivity index (χ0n) is 8.22. The molecule has 0 spiro atoms. The van der Waals surface area contributed by atoms with Gasteiger partial charge in [-0.2, -0.15) is 0 Å². The Kier molecular flexibility index (Phi) is 7.49. The lowest BCUT2D eigenvalue weighted by molar-refractivity contribution is -0.144. The molecule has 0 aromatic carbocycles. The van der Waals surface area contributed by atoms with Crippen LogP contribution in [0.1, 0.15) is 12.8 Å². The van der Waals surface area contributed by atoms with Crippen LogP contribution in [-0.4, -0.2) is 35.4 Å². The second kappa shape index (κ2) is 8.06. The van der Waals surface area contributed by atoms with Gasteiger partial charge in [0, 0.05) is 24.6 Å². The van der Waals surface area contributed by atoms with Crippen molar-refractivity contribution in [2.45, 2.75) is 12.8 Å². The normalized spacial score (nSPS) is 9.38. The van der Waals surface area contributed by atoms with E-state index >= 15 is 0 Å². The Morgan fingerprint density at radius 3 is 1.31 bits per heavy atom. The molecule has 90 valence electrons. The Morgan fingerprint density at radius 2 is 1.06 bits per heavy atom. The number of carbonyl (C=O) groups excluding carboxylic acids is 4. The van der Waals surface area contributed by atoms with Gasteiger partial charge in [-0.1, -0.05) is 0 Å². The molecule has 0 unspecified atom stereocenters. The highest BCUT2D eigenvalue weighted by Crippen LogP contribution is 1.86. The van der Waals surface area contributed by atoms with Gasteiger partial charge < -0.3 is 0 Å². The van der Waals surface area contributed by atoms with Crippen LogP contribution in [0.25, 0.3) is 0 Å². The number of amides is 4. The monoisotopic (exact) mass is 268 g/mol. The topological polar surface area (TPSA) is 92.3 Å². The van der Waals surface area contributed by atoms with Crippen LogP contribution < -0.4 is 10.6 Å². The lowest BCUT2D eigenvalue weighted by Gasteiger charge is -2.02. The number of halogens is 2. The third-order valence-electron chi connectivity index (χ3n) is 1.36. The molecule has 0 heterocycles. The van der Waals surface area contributed by atoms with Crippen LogP contribution in [-0.2, 0) is 19.2 Å². The molecule has 6 nitrogen and oxygen atoms in total. The number of hydrogen-bond donors (Lipinski definition) is 2. The Labute approximate surface area is 102 Å². The number of rotatable bonds is 4. The standard InChI is InChI=1S/C8H10Cl2N2O4/c9-3-1-5(13)11-7(15)8(16)12-6(14)2-4-10/h1-4H2,(H,11,13,15)(H,12,14,16). The van der Waals surface area contributed by atoms with Crippen molar-refractivity contribution in [1.29, 1.82) is 0 Å². The summed E-state index contributed by atoms with van der Waals surface area (Å²) in [6.45, 7) is 0. The molecule has 0 aromatic heterocycles. The van der Waals surface area contributed by atoms with Crippen molar-refractivity contribution in [3.63, 3.8) is 0 Å². The van der Waals surface area contributed by atoms with E-state index in [0.717, 1.165) is 0 Å². The van der Waals surface area contributed by atoms with Crippen molar-refractivity contribution in [3.05, 3.63) is 0 Å². The van der Waals surface area contributed by atoms with Crippen molar-refractivity contribution < 1.29 is 19.2 Å². The molecular weight excluding hydrogens is 259 g/mol. The highest BCUT2D eigenvalue weighted by molar-refractivity contribution is 6.40. The summed E-state index contributed by atoms with van der Waals surface area (Å²) in [4.78, 5) is 43.7. The molecule has 0 aliphatic heterocycles. The van der Waals surface area contributed by atoms with E-state index in [2.05, 4.69) is 0 Å². The first kappa shape index (κ1) is 14.9. The van der Waals surface area contributed by atoms with Gasteiger partial charge in [0.25, 0.3) is 0 Å². The van der Waals surface area contributed by atoms with Gasteiger partial charge in [-0.3, -0.25) is 29.8 Å². The molecule has 4 amide bonds. The second-order valence-corrected chi connectivity index (χ2v) is 3.39. The van der Waals surface area contributed by atoms with Crippen molar-refractivity contribution in [1.82, 2.24) is 10.6 Å². The fraction of sp³-hybridized carbons (Fsp3) is 0.500. The molecule has 16 heavy (non-hydrogen) atoms. The quantitative estimate of drug-likeness (QED) is 0.533. The smallest absolute Gasteiger partial charge is 0.288 e. The first-order valence-corrected chi connectivity index (χ1v) is 5.38. The van der Waals surface area contributed by atoms with Crippen molar-refractivity contribution in [2.24, 2.45) is 0 Å².